The van der Waals surface area contributed by atoms with Gasteiger partial charge in [-0.2, -0.15) is 0 Å². The van der Waals surface area contributed by atoms with Gasteiger partial charge in [0.15, 0.2) is 0 Å². The highest BCUT2D eigenvalue weighted by atomic mass is 16.3. The van der Waals surface area contributed by atoms with Crippen molar-refractivity contribution >= 4 is 5.91 Å². The third-order valence-corrected chi connectivity index (χ3v) is 11.6. The topological polar surface area (TPSA) is 110 Å². The number of hydrogen-bond acceptors (Lipinski definition) is 5. The van der Waals surface area contributed by atoms with Crippen LogP contribution >= 0.6 is 0 Å². The van der Waals surface area contributed by atoms with Crippen LogP contribution in [0.15, 0.2) is 24.3 Å². The van der Waals surface area contributed by atoms with Gasteiger partial charge in [0.2, 0.25) is 5.91 Å². The molecule has 4 unspecified atom stereocenters. The van der Waals surface area contributed by atoms with E-state index in [1.54, 1.807) is 0 Å². The number of allylic oxidation sites excluding steroid dienone is 4. The quantitative estimate of drug-likeness (QED) is 0.0312. The summed E-state index contributed by atoms with van der Waals surface area (Å²) in [5.74, 6) is -0.601. The monoisotopic (exact) mass is 792 g/mol. The number of unbranched alkanes of at least 4 members (excludes halogenated alkanes) is 32. The Kier molecular flexibility index (Phi) is 43.9. The largest absolute Gasteiger partial charge is 0.394 e. The molecule has 332 valence electrons. The van der Waals surface area contributed by atoms with Crippen molar-refractivity contribution in [3.63, 3.8) is 0 Å². The van der Waals surface area contributed by atoms with E-state index in [1.165, 1.54) is 186 Å². The molecule has 56 heavy (non-hydrogen) atoms. The van der Waals surface area contributed by atoms with Crippen LogP contribution in [0.2, 0.25) is 0 Å². The molecule has 1 amide bonds. The van der Waals surface area contributed by atoms with Gasteiger partial charge in [0.1, 0.15) is 12.2 Å². The molecule has 0 aliphatic heterocycles. The summed E-state index contributed by atoms with van der Waals surface area (Å²) in [7, 11) is 0. The first-order chi connectivity index (χ1) is 27.5. The summed E-state index contributed by atoms with van der Waals surface area (Å²) in [5, 5.41) is 43.5. The molecule has 0 rings (SSSR count). The molecule has 0 aromatic heterocycles. The van der Waals surface area contributed by atoms with Gasteiger partial charge in [0.25, 0.3) is 0 Å². The van der Waals surface area contributed by atoms with Crippen LogP contribution < -0.4 is 5.32 Å². The molecular formula is C50H97NO5. The molecule has 0 aromatic carbocycles. The normalized spacial score (nSPS) is 14.2. The maximum atomic E-state index is 12.4. The number of aliphatic hydroxyl groups excluding tert-OH is 4. The van der Waals surface area contributed by atoms with Crippen molar-refractivity contribution in [2.75, 3.05) is 6.61 Å². The first kappa shape index (κ1) is 54.8. The van der Waals surface area contributed by atoms with E-state index in [0.29, 0.717) is 19.3 Å². The van der Waals surface area contributed by atoms with E-state index in [4.69, 9.17) is 0 Å². The van der Waals surface area contributed by atoms with Crippen molar-refractivity contribution in [3.05, 3.63) is 24.3 Å². The molecule has 0 fully saturated rings. The minimum absolute atomic E-state index is 0.361. The summed E-state index contributed by atoms with van der Waals surface area (Å²) in [6, 6.07) is -1.00. The first-order valence-electron chi connectivity index (χ1n) is 24.7. The highest BCUT2D eigenvalue weighted by Crippen LogP contribution is 2.17. The number of hydrogen-bond donors (Lipinski definition) is 5. The van der Waals surface area contributed by atoms with Crippen molar-refractivity contribution in [3.8, 4) is 0 Å². The van der Waals surface area contributed by atoms with Crippen molar-refractivity contribution in [1.29, 1.82) is 0 Å². The lowest BCUT2D eigenvalue weighted by atomic mass is 10.00. The molecule has 0 aliphatic carbocycles. The Balaban J connectivity index is 3.59. The Morgan fingerprint density at radius 3 is 1.12 bits per heavy atom. The van der Waals surface area contributed by atoms with Gasteiger partial charge in [0.05, 0.1) is 18.8 Å². The zero-order valence-electron chi connectivity index (χ0n) is 37.4. The highest BCUT2D eigenvalue weighted by molar-refractivity contribution is 5.80. The van der Waals surface area contributed by atoms with E-state index >= 15 is 0 Å². The van der Waals surface area contributed by atoms with Gasteiger partial charge in [0, 0.05) is 0 Å². The SMILES string of the molecule is CCCCCCCCCCCCCCCCCCCCCCCCC/C=C/CC/C=C/CCCC(O)C(O)C(CO)NC(=O)C(O)CCCCCCCCCC. The Bertz CT molecular complexity index is 847. The van der Waals surface area contributed by atoms with Crippen LogP contribution in [0.3, 0.4) is 0 Å². The molecule has 0 saturated carbocycles. The van der Waals surface area contributed by atoms with Gasteiger partial charge in [-0.1, -0.05) is 231 Å². The molecule has 0 radical (unpaired) electrons. The van der Waals surface area contributed by atoms with Crippen molar-refractivity contribution < 1.29 is 25.2 Å². The molecule has 0 aromatic rings. The summed E-state index contributed by atoms with van der Waals surface area (Å²) in [4.78, 5) is 12.4. The summed E-state index contributed by atoms with van der Waals surface area (Å²) in [6.07, 6.45) is 52.7. The summed E-state index contributed by atoms with van der Waals surface area (Å²) in [6.45, 7) is 4.00. The number of nitrogens with one attached hydrogen (secondary N) is 1. The smallest absolute Gasteiger partial charge is 0.249 e. The van der Waals surface area contributed by atoms with Crippen molar-refractivity contribution in [1.82, 2.24) is 5.32 Å². The molecule has 6 nitrogen and oxygen atoms in total. The predicted octanol–water partition coefficient (Wildman–Crippen LogP) is 13.5. The number of carbonyl (C=O) groups excluding carboxylic acids is 1. The Hall–Kier alpha value is -1.21. The third kappa shape index (κ3) is 38.3. The first-order valence-corrected chi connectivity index (χ1v) is 24.7. The van der Waals surface area contributed by atoms with Gasteiger partial charge >= 0.3 is 0 Å². The second kappa shape index (κ2) is 44.9. The van der Waals surface area contributed by atoms with Gasteiger partial charge < -0.3 is 25.7 Å². The van der Waals surface area contributed by atoms with E-state index in [9.17, 15) is 25.2 Å². The summed E-state index contributed by atoms with van der Waals surface area (Å²) < 4.78 is 0. The van der Waals surface area contributed by atoms with Crippen LogP contribution in [0.1, 0.15) is 258 Å². The average Bonchev–Trinajstić information content (AvgIpc) is 3.20. The molecule has 5 N–H and O–H groups in total. The van der Waals surface area contributed by atoms with Crippen molar-refractivity contribution in [2.45, 2.75) is 282 Å². The molecule has 4 atom stereocenters. The van der Waals surface area contributed by atoms with E-state index in [2.05, 4.69) is 43.5 Å². The molecule has 6 heteroatoms. The second-order valence-corrected chi connectivity index (χ2v) is 17.2. The number of rotatable bonds is 45. The Labute approximate surface area is 348 Å². The van der Waals surface area contributed by atoms with Crippen molar-refractivity contribution in [2.24, 2.45) is 0 Å². The maximum Gasteiger partial charge on any atom is 0.249 e. The zero-order chi connectivity index (χ0) is 41.0. The van der Waals surface area contributed by atoms with E-state index < -0.39 is 36.9 Å². The van der Waals surface area contributed by atoms with Crippen LogP contribution in [0.4, 0.5) is 0 Å². The number of amides is 1. The van der Waals surface area contributed by atoms with Gasteiger partial charge in [-0.15, -0.1) is 0 Å². The van der Waals surface area contributed by atoms with E-state index in [-0.39, 0.29) is 0 Å². The maximum absolute atomic E-state index is 12.4. The lowest BCUT2D eigenvalue weighted by Crippen LogP contribution is -2.53. The van der Waals surface area contributed by atoms with Gasteiger partial charge in [-0.3, -0.25) is 4.79 Å². The third-order valence-electron chi connectivity index (χ3n) is 11.6. The lowest BCUT2D eigenvalue weighted by Gasteiger charge is -2.27. The van der Waals surface area contributed by atoms with Crippen LogP contribution in [-0.4, -0.2) is 57.3 Å². The Morgan fingerprint density at radius 1 is 0.429 bits per heavy atom. The second-order valence-electron chi connectivity index (χ2n) is 17.2. The van der Waals surface area contributed by atoms with Crippen LogP contribution in [0.5, 0.6) is 0 Å². The minimum Gasteiger partial charge on any atom is -0.394 e. The molecule has 0 saturated heterocycles. The molecule has 0 heterocycles. The summed E-state index contributed by atoms with van der Waals surface area (Å²) in [5.41, 5.74) is 0. The van der Waals surface area contributed by atoms with Crippen LogP contribution in [-0.2, 0) is 4.79 Å². The average molecular weight is 792 g/mol. The van der Waals surface area contributed by atoms with Gasteiger partial charge in [-0.25, -0.2) is 0 Å². The molecular weight excluding hydrogens is 695 g/mol. The lowest BCUT2D eigenvalue weighted by molar-refractivity contribution is -0.132. The fraction of sp³-hybridized carbons (Fsp3) is 0.900. The molecule has 0 aliphatic rings. The van der Waals surface area contributed by atoms with Crippen LogP contribution in [0.25, 0.3) is 0 Å². The zero-order valence-corrected chi connectivity index (χ0v) is 37.4. The highest BCUT2D eigenvalue weighted by Gasteiger charge is 2.28. The number of carbonyl (C=O) groups is 1. The predicted molar refractivity (Wildman–Crippen MR) is 242 cm³/mol. The fourth-order valence-corrected chi connectivity index (χ4v) is 7.72. The standard InChI is InChI=1S/C50H97NO5/c1-3-5-7-9-11-13-14-15-16-17-18-19-20-21-22-23-24-25-26-27-28-29-30-31-32-33-34-35-36-38-39-41-43-47(53)49(55)46(45-52)51-50(56)48(54)44-42-40-37-12-10-8-6-4-2/h32-33,36,38,46-49,52-55H,3-31,34-35,37,39-45H2,1-2H3,(H,51,56)/b33-32+,38-36+. The fourth-order valence-electron chi connectivity index (χ4n) is 7.72. The summed E-state index contributed by atoms with van der Waals surface area (Å²) >= 11 is 0. The molecule has 0 spiro atoms. The van der Waals surface area contributed by atoms with E-state index in [1.807, 2.05) is 0 Å². The van der Waals surface area contributed by atoms with E-state index in [0.717, 1.165) is 38.5 Å². The number of aliphatic hydroxyl groups is 4. The Morgan fingerprint density at radius 2 is 0.750 bits per heavy atom. The van der Waals surface area contributed by atoms with Crippen LogP contribution in [0, 0.1) is 0 Å². The molecule has 0 bridgehead atoms. The van der Waals surface area contributed by atoms with Gasteiger partial charge in [-0.05, 0) is 51.4 Å². The minimum atomic E-state index is -1.29.